The largest absolute Gasteiger partial charge is 0.310 e. The minimum Gasteiger partial charge on any atom is -0.310 e. The molecule has 1 aliphatic heterocycles. The van der Waals surface area contributed by atoms with Crippen LogP contribution < -0.4 is 5.32 Å². The van der Waals surface area contributed by atoms with E-state index >= 15 is 0 Å². The number of carbonyl (C=O) groups is 1. The molecule has 0 radical (unpaired) electrons. The molecule has 1 saturated heterocycles. The minimum atomic E-state index is -3.01. The first-order valence-corrected chi connectivity index (χ1v) is 10.4. The van der Waals surface area contributed by atoms with Crippen LogP contribution in [0.25, 0.3) is 0 Å². The zero-order valence-corrected chi connectivity index (χ0v) is 15.9. The highest BCUT2D eigenvalue weighted by Gasteiger charge is 2.31. The highest BCUT2D eigenvalue weighted by atomic mass is 32.2. The first-order chi connectivity index (χ1) is 12.3. The van der Waals surface area contributed by atoms with Crippen molar-refractivity contribution in [2.75, 3.05) is 30.4 Å². The highest BCUT2D eigenvalue weighted by molar-refractivity contribution is 7.91. The van der Waals surface area contributed by atoms with Crippen molar-refractivity contribution in [2.24, 2.45) is 0 Å². The third kappa shape index (κ3) is 4.70. The molecule has 140 valence electrons. The predicted octanol–water partition coefficient (Wildman–Crippen LogP) is 1.62. The van der Waals surface area contributed by atoms with Crippen molar-refractivity contribution in [3.63, 3.8) is 0 Å². The van der Waals surface area contributed by atoms with Crippen molar-refractivity contribution in [1.82, 2.24) is 14.7 Å². The fraction of sp³-hybridized carbons (Fsp3) is 0.444. The van der Waals surface area contributed by atoms with Gasteiger partial charge in [-0.1, -0.05) is 30.3 Å². The van der Waals surface area contributed by atoms with Crippen molar-refractivity contribution in [3.05, 3.63) is 47.7 Å². The monoisotopic (exact) mass is 376 g/mol. The first-order valence-electron chi connectivity index (χ1n) is 8.61. The molecule has 8 heteroatoms. The summed E-state index contributed by atoms with van der Waals surface area (Å²) in [5, 5.41) is 7.26. The second-order valence-corrected chi connectivity index (χ2v) is 9.11. The Balaban J connectivity index is 1.62. The molecule has 1 atom stereocenters. The number of hydrogen-bond donors (Lipinski definition) is 1. The molecule has 1 aromatic carbocycles. The Morgan fingerprint density at radius 3 is 2.73 bits per heavy atom. The molecule has 0 saturated carbocycles. The van der Waals surface area contributed by atoms with Crippen molar-refractivity contribution in [2.45, 2.75) is 25.9 Å². The van der Waals surface area contributed by atoms with Crippen LogP contribution in [-0.4, -0.2) is 54.1 Å². The Morgan fingerprint density at radius 2 is 2.08 bits per heavy atom. The van der Waals surface area contributed by atoms with Gasteiger partial charge in [-0.2, -0.15) is 5.10 Å². The van der Waals surface area contributed by atoms with Gasteiger partial charge in [0.25, 0.3) is 0 Å². The maximum Gasteiger partial charge on any atom is 0.239 e. The molecule has 0 spiro atoms. The molecule has 0 aliphatic carbocycles. The molecule has 1 amide bonds. The summed E-state index contributed by atoms with van der Waals surface area (Å²) in [5.41, 5.74) is 1.89. The van der Waals surface area contributed by atoms with Crippen molar-refractivity contribution in [3.8, 4) is 0 Å². The van der Waals surface area contributed by atoms with E-state index in [4.69, 9.17) is 0 Å². The zero-order valence-electron chi connectivity index (χ0n) is 15.1. The van der Waals surface area contributed by atoms with Crippen molar-refractivity contribution in [1.29, 1.82) is 0 Å². The zero-order chi connectivity index (χ0) is 18.7. The summed E-state index contributed by atoms with van der Waals surface area (Å²) in [7, 11) is -1.13. The molecule has 1 aromatic heterocycles. The minimum absolute atomic E-state index is 0.0743. The molecule has 2 aromatic rings. The maximum atomic E-state index is 12.4. The Labute approximate surface area is 153 Å². The second kappa shape index (κ2) is 7.59. The van der Waals surface area contributed by atoms with Gasteiger partial charge in [-0.15, -0.1) is 0 Å². The number of nitrogens with zero attached hydrogens (tertiary/aromatic N) is 3. The molecule has 3 rings (SSSR count). The number of benzene rings is 1. The van der Waals surface area contributed by atoms with Gasteiger partial charge >= 0.3 is 0 Å². The molecule has 0 bridgehead atoms. The number of sulfone groups is 1. The van der Waals surface area contributed by atoms with E-state index in [1.54, 1.807) is 10.7 Å². The summed E-state index contributed by atoms with van der Waals surface area (Å²) in [6.07, 6.45) is 0.528. The summed E-state index contributed by atoms with van der Waals surface area (Å²) in [5.74, 6) is 0.655. The number of nitrogens with one attached hydrogen (secondary N) is 1. The summed E-state index contributed by atoms with van der Waals surface area (Å²) in [6, 6.07) is 11.5. The highest BCUT2D eigenvalue weighted by Crippen LogP contribution is 2.27. The van der Waals surface area contributed by atoms with Crippen LogP contribution in [0.5, 0.6) is 0 Å². The van der Waals surface area contributed by atoms with Crippen LogP contribution in [-0.2, 0) is 21.2 Å². The van der Waals surface area contributed by atoms with Gasteiger partial charge in [0.1, 0.15) is 5.82 Å². The number of aryl methyl sites for hydroxylation is 1. The summed E-state index contributed by atoms with van der Waals surface area (Å²) in [6.45, 7) is 2.74. The number of likely N-dealkylation sites (N-methyl/N-ethyl adjacent to an activating group) is 1. The molecule has 1 aliphatic rings. The lowest BCUT2D eigenvalue weighted by Crippen LogP contribution is -2.31. The summed E-state index contributed by atoms with van der Waals surface area (Å²) in [4.78, 5) is 14.3. The maximum absolute atomic E-state index is 12.4. The number of amides is 1. The standard InChI is InChI=1S/C18H24N4O3S/c1-14-10-17(22(20-14)16-8-9-26(24,25)13-16)19-18(23)12-21(2)11-15-6-4-3-5-7-15/h3-7,10,16H,8-9,11-13H2,1-2H3,(H,19,23)/t16-/m1/s1. The van der Waals surface area contributed by atoms with E-state index in [1.807, 2.05) is 49.2 Å². The van der Waals surface area contributed by atoms with Crippen LogP contribution in [0.3, 0.4) is 0 Å². The van der Waals surface area contributed by atoms with Gasteiger partial charge in [0.05, 0.1) is 29.8 Å². The van der Waals surface area contributed by atoms with Crippen LogP contribution in [0.15, 0.2) is 36.4 Å². The van der Waals surface area contributed by atoms with Gasteiger partial charge in [0.15, 0.2) is 9.84 Å². The molecule has 1 fully saturated rings. The normalized spacial score (nSPS) is 19.0. The van der Waals surface area contributed by atoms with Crippen LogP contribution in [0.1, 0.15) is 23.7 Å². The number of aromatic nitrogens is 2. The lowest BCUT2D eigenvalue weighted by molar-refractivity contribution is -0.117. The fourth-order valence-electron chi connectivity index (χ4n) is 3.24. The van der Waals surface area contributed by atoms with Gasteiger partial charge in [-0.05, 0) is 26.0 Å². The van der Waals surface area contributed by atoms with Gasteiger partial charge in [-0.3, -0.25) is 9.69 Å². The Bertz CT molecular complexity index is 877. The number of anilines is 1. The van der Waals surface area contributed by atoms with Crippen molar-refractivity contribution >= 4 is 21.6 Å². The topological polar surface area (TPSA) is 84.3 Å². The second-order valence-electron chi connectivity index (χ2n) is 6.88. The third-order valence-electron chi connectivity index (χ3n) is 4.39. The quantitative estimate of drug-likeness (QED) is 0.828. The van der Waals surface area contributed by atoms with Gasteiger partial charge in [0, 0.05) is 12.6 Å². The number of hydrogen-bond acceptors (Lipinski definition) is 5. The smallest absolute Gasteiger partial charge is 0.239 e. The van der Waals surface area contributed by atoms with E-state index in [2.05, 4.69) is 10.4 Å². The molecular weight excluding hydrogens is 352 g/mol. The van der Waals surface area contributed by atoms with Gasteiger partial charge in [-0.25, -0.2) is 13.1 Å². The van der Waals surface area contributed by atoms with Crippen LogP contribution in [0.2, 0.25) is 0 Å². The van der Waals surface area contributed by atoms with Crippen LogP contribution in [0.4, 0.5) is 5.82 Å². The molecular formula is C18H24N4O3S. The molecule has 26 heavy (non-hydrogen) atoms. The van der Waals surface area contributed by atoms with E-state index in [-0.39, 0.29) is 30.0 Å². The molecule has 2 heterocycles. The van der Waals surface area contributed by atoms with E-state index in [1.165, 1.54) is 0 Å². The Hall–Kier alpha value is -2.19. The van der Waals surface area contributed by atoms with Gasteiger partial charge < -0.3 is 5.32 Å². The predicted molar refractivity (Wildman–Crippen MR) is 101 cm³/mol. The molecule has 0 unspecified atom stereocenters. The van der Waals surface area contributed by atoms with Gasteiger partial charge in [0.2, 0.25) is 5.91 Å². The molecule has 7 nitrogen and oxygen atoms in total. The summed E-state index contributed by atoms with van der Waals surface area (Å²) >= 11 is 0. The Kier molecular flexibility index (Phi) is 5.43. The lowest BCUT2D eigenvalue weighted by Gasteiger charge is -2.18. The third-order valence-corrected chi connectivity index (χ3v) is 6.14. The number of carbonyl (C=O) groups excluding carboxylic acids is 1. The van der Waals surface area contributed by atoms with Crippen LogP contribution in [0, 0.1) is 6.92 Å². The van der Waals surface area contributed by atoms with Crippen molar-refractivity contribution < 1.29 is 13.2 Å². The summed E-state index contributed by atoms with van der Waals surface area (Å²) < 4.78 is 25.1. The SMILES string of the molecule is Cc1cc(NC(=O)CN(C)Cc2ccccc2)n([C@@H]2CCS(=O)(=O)C2)n1. The average Bonchev–Trinajstić information content (AvgIpc) is 3.10. The molecule has 1 N–H and O–H groups in total. The first kappa shape index (κ1) is 18.6. The number of rotatable bonds is 6. The lowest BCUT2D eigenvalue weighted by atomic mass is 10.2. The Morgan fingerprint density at radius 1 is 1.35 bits per heavy atom. The van der Waals surface area contributed by atoms with E-state index < -0.39 is 9.84 Å². The van der Waals surface area contributed by atoms with E-state index in [0.717, 1.165) is 11.3 Å². The fourth-order valence-corrected chi connectivity index (χ4v) is 4.93. The van der Waals surface area contributed by atoms with Crippen LogP contribution >= 0.6 is 0 Å². The van der Waals surface area contributed by atoms with E-state index in [9.17, 15) is 13.2 Å². The van der Waals surface area contributed by atoms with E-state index in [0.29, 0.717) is 18.8 Å². The average molecular weight is 376 g/mol.